The second-order valence-corrected chi connectivity index (χ2v) is 7.23. The van der Waals surface area contributed by atoms with Crippen LogP contribution in [0.25, 0.3) is 10.9 Å². The summed E-state index contributed by atoms with van der Waals surface area (Å²) in [7, 11) is 0. The van der Waals surface area contributed by atoms with Crippen LogP contribution >= 0.6 is 11.6 Å². The Labute approximate surface area is 182 Å². The summed E-state index contributed by atoms with van der Waals surface area (Å²) in [5.74, 6) is -3.00. The van der Waals surface area contributed by atoms with E-state index in [4.69, 9.17) is 16.3 Å². The molecule has 0 bridgehead atoms. The number of nitrogens with zero attached hydrogens (tertiary/aromatic N) is 1. The molecule has 2 aromatic carbocycles. The van der Waals surface area contributed by atoms with E-state index in [0.717, 1.165) is 6.07 Å². The van der Waals surface area contributed by atoms with Crippen molar-refractivity contribution < 1.29 is 28.6 Å². The normalized spacial score (nSPS) is 10.8. The number of rotatable bonds is 6. The van der Waals surface area contributed by atoms with Gasteiger partial charge in [-0.25, -0.2) is 4.39 Å². The molecule has 0 aliphatic rings. The molecule has 2 N–H and O–H groups in total. The minimum absolute atomic E-state index is 0.187. The molecular formula is C22H20ClFN2O5. The Morgan fingerprint density at radius 2 is 1.87 bits per heavy atom. The van der Waals surface area contributed by atoms with E-state index < -0.39 is 29.4 Å². The number of halogens is 2. The van der Waals surface area contributed by atoms with Gasteiger partial charge in [-0.1, -0.05) is 11.6 Å². The van der Waals surface area contributed by atoms with E-state index in [1.54, 1.807) is 38.1 Å². The summed E-state index contributed by atoms with van der Waals surface area (Å²) in [5.41, 5.74) is 1.36. The average Bonchev–Trinajstić information content (AvgIpc) is 2.98. The lowest BCUT2D eigenvalue weighted by Crippen LogP contribution is -2.31. The van der Waals surface area contributed by atoms with Gasteiger partial charge in [0.05, 0.1) is 18.5 Å². The van der Waals surface area contributed by atoms with Crippen LogP contribution < -0.4 is 5.32 Å². The van der Waals surface area contributed by atoms with Gasteiger partial charge in [-0.3, -0.25) is 19.0 Å². The third-order valence-corrected chi connectivity index (χ3v) is 5.02. The molecular weight excluding hydrogens is 427 g/mol. The van der Waals surface area contributed by atoms with Gasteiger partial charge in [0.2, 0.25) is 5.91 Å². The monoisotopic (exact) mass is 446 g/mol. The second kappa shape index (κ2) is 9.18. The van der Waals surface area contributed by atoms with E-state index in [1.807, 2.05) is 0 Å². The molecule has 9 heteroatoms. The first-order valence-electron chi connectivity index (χ1n) is 9.47. The van der Waals surface area contributed by atoms with Crippen molar-refractivity contribution in [2.75, 3.05) is 13.2 Å². The van der Waals surface area contributed by atoms with Crippen LogP contribution in [-0.4, -0.2) is 40.6 Å². The summed E-state index contributed by atoms with van der Waals surface area (Å²) in [6.45, 7) is 3.17. The van der Waals surface area contributed by atoms with Gasteiger partial charge >= 0.3 is 5.97 Å². The number of ether oxygens (including phenoxy) is 1. The number of phenolic OH excluding ortho intramolecular Hbond substituents is 1. The minimum Gasteiger partial charge on any atom is -0.505 e. The Morgan fingerprint density at radius 1 is 1.19 bits per heavy atom. The van der Waals surface area contributed by atoms with Crippen LogP contribution in [0.15, 0.2) is 36.4 Å². The first-order valence-corrected chi connectivity index (χ1v) is 9.85. The number of aromatic nitrogens is 1. The van der Waals surface area contributed by atoms with Gasteiger partial charge in [0.25, 0.3) is 5.91 Å². The number of esters is 1. The third-order valence-electron chi connectivity index (χ3n) is 4.77. The number of benzene rings is 2. The van der Waals surface area contributed by atoms with Crippen LogP contribution in [0.3, 0.4) is 0 Å². The fraction of sp³-hybridized carbons (Fsp3) is 0.227. The summed E-state index contributed by atoms with van der Waals surface area (Å²) < 4.78 is 20.2. The zero-order valence-electron chi connectivity index (χ0n) is 16.9. The smallest absolute Gasteiger partial charge is 0.325 e. The first-order chi connectivity index (χ1) is 14.7. The van der Waals surface area contributed by atoms with Crippen LogP contribution in [0.2, 0.25) is 5.02 Å². The second-order valence-electron chi connectivity index (χ2n) is 6.79. The Hall–Kier alpha value is -3.39. The Kier molecular flexibility index (Phi) is 6.60. The fourth-order valence-corrected chi connectivity index (χ4v) is 3.43. The van der Waals surface area contributed by atoms with Gasteiger partial charge < -0.3 is 15.2 Å². The lowest BCUT2D eigenvalue weighted by atomic mass is 10.1. The molecule has 0 radical (unpaired) electrons. The molecule has 0 fully saturated rings. The van der Waals surface area contributed by atoms with E-state index in [-0.39, 0.29) is 25.1 Å². The number of phenols is 1. The van der Waals surface area contributed by atoms with Gasteiger partial charge in [-0.15, -0.1) is 0 Å². The predicted molar refractivity (Wildman–Crippen MR) is 113 cm³/mol. The number of fused-ring (bicyclic) bond motifs is 1. The maximum Gasteiger partial charge on any atom is 0.325 e. The molecule has 3 aromatic rings. The highest BCUT2D eigenvalue weighted by molar-refractivity contribution is 6.30. The number of nitrogens with one attached hydrogen (secondary N) is 1. The molecule has 3 rings (SSSR count). The quantitative estimate of drug-likeness (QED) is 0.566. The molecule has 0 saturated heterocycles. The molecule has 0 aliphatic heterocycles. The molecule has 1 amide bonds. The average molecular weight is 447 g/mol. The zero-order valence-corrected chi connectivity index (χ0v) is 17.6. The van der Waals surface area contributed by atoms with E-state index in [2.05, 4.69) is 5.32 Å². The highest BCUT2D eigenvalue weighted by Crippen LogP contribution is 2.32. The highest BCUT2D eigenvalue weighted by Gasteiger charge is 2.23. The van der Waals surface area contributed by atoms with Crippen LogP contribution in [0, 0.1) is 12.7 Å². The number of carbonyl (C=O) groups is 3. The van der Waals surface area contributed by atoms with Gasteiger partial charge in [-0.05, 0) is 49.7 Å². The van der Waals surface area contributed by atoms with Crippen molar-refractivity contribution in [3.63, 3.8) is 0 Å². The topological polar surface area (TPSA) is 97.6 Å². The van der Waals surface area contributed by atoms with Gasteiger partial charge in [-0.2, -0.15) is 0 Å². The SMILES string of the molecule is CCOC(=O)CNC(=O)Cc1c(C)n(C(=O)c2ccc(Cl)cc2)c2cc(F)c(O)cc12. The number of hydrogen-bond donors (Lipinski definition) is 2. The number of carbonyl (C=O) groups excluding carboxylic acids is 3. The van der Waals surface area contributed by atoms with Crippen molar-refractivity contribution in [2.24, 2.45) is 0 Å². The largest absolute Gasteiger partial charge is 0.505 e. The first kappa shape index (κ1) is 22.3. The van der Waals surface area contributed by atoms with Crippen LogP contribution in [0.5, 0.6) is 5.75 Å². The summed E-state index contributed by atoms with van der Waals surface area (Å²) in [4.78, 5) is 37.0. The van der Waals surface area contributed by atoms with Gasteiger partial charge in [0.15, 0.2) is 11.6 Å². The van der Waals surface area contributed by atoms with E-state index >= 15 is 0 Å². The number of amides is 1. The van der Waals surface area contributed by atoms with E-state index in [1.165, 1.54) is 10.6 Å². The van der Waals surface area contributed by atoms with Crippen molar-refractivity contribution in [1.82, 2.24) is 9.88 Å². The van der Waals surface area contributed by atoms with Crippen molar-refractivity contribution in [3.05, 3.63) is 64.1 Å². The van der Waals surface area contributed by atoms with Crippen molar-refractivity contribution in [1.29, 1.82) is 0 Å². The molecule has 1 aromatic heterocycles. The lowest BCUT2D eigenvalue weighted by Gasteiger charge is -2.08. The Balaban J connectivity index is 2.02. The minimum atomic E-state index is -0.895. The Morgan fingerprint density at radius 3 is 2.52 bits per heavy atom. The molecule has 0 saturated carbocycles. The maximum atomic E-state index is 14.1. The number of aromatic hydroxyl groups is 1. The van der Waals surface area contributed by atoms with Crippen LogP contribution in [-0.2, 0) is 20.7 Å². The molecule has 0 aliphatic carbocycles. The summed E-state index contributed by atoms with van der Waals surface area (Å²) >= 11 is 5.89. The predicted octanol–water partition coefficient (Wildman–Crippen LogP) is 3.36. The Bertz CT molecular complexity index is 1170. The van der Waals surface area contributed by atoms with Gasteiger partial charge in [0, 0.05) is 27.7 Å². The summed E-state index contributed by atoms with van der Waals surface area (Å²) in [6.07, 6.45) is -0.187. The van der Waals surface area contributed by atoms with Crippen molar-refractivity contribution in [2.45, 2.75) is 20.3 Å². The summed E-state index contributed by atoms with van der Waals surface area (Å²) in [6, 6.07) is 8.43. The maximum absolute atomic E-state index is 14.1. The van der Waals surface area contributed by atoms with E-state index in [9.17, 15) is 23.9 Å². The molecule has 1 heterocycles. The molecule has 0 atom stereocenters. The third kappa shape index (κ3) is 4.69. The molecule has 31 heavy (non-hydrogen) atoms. The fourth-order valence-electron chi connectivity index (χ4n) is 3.30. The van der Waals surface area contributed by atoms with Crippen LogP contribution in [0.4, 0.5) is 4.39 Å². The lowest BCUT2D eigenvalue weighted by molar-refractivity contribution is -0.143. The molecule has 0 unspecified atom stereocenters. The molecule has 162 valence electrons. The van der Waals surface area contributed by atoms with E-state index in [0.29, 0.717) is 27.2 Å². The highest BCUT2D eigenvalue weighted by atomic mass is 35.5. The standard InChI is InChI=1S/C22H20ClFN2O5/c1-3-31-21(29)11-25-20(28)9-15-12(2)26(18-10-17(24)19(27)8-16(15)18)22(30)13-4-6-14(23)7-5-13/h4-8,10,27H,3,9,11H2,1-2H3,(H,25,28). The van der Waals surface area contributed by atoms with Crippen LogP contribution in [0.1, 0.15) is 28.5 Å². The zero-order chi connectivity index (χ0) is 22.7. The summed E-state index contributed by atoms with van der Waals surface area (Å²) in [5, 5.41) is 13.1. The van der Waals surface area contributed by atoms with Gasteiger partial charge in [0.1, 0.15) is 6.54 Å². The number of hydrogen-bond acceptors (Lipinski definition) is 5. The molecule has 0 spiro atoms. The van der Waals surface area contributed by atoms with Crippen molar-refractivity contribution in [3.8, 4) is 5.75 Å². The molecule has 7 nitrogen and oxygen atoms in total. The van der Waals surface area contributed by atoms with Crippen molar-refractivity contribution >= 4 is 40.3 Å².